The van der Waals surface area contributed by atoms with E-state index in [2.05, 4.69) is 15.0 Å². The van der Waals surface area contributed by atoms with E-state index >= 15 is 0 Å². The Labute approximate surface area is 119 Å². The lowest BCUT2D eigenvalue weighted by Gasteiger charge is -2.04. The molecule has 1 aromatic carbocycles. The lowest BCUT2D eigenvalue weighted by molar-refractivity contribution is -0.137. The standard InChI is InChI=1S/C10H9ClN4O4S/c11-7-1-3-8(4-2-7)20(18,19)13-9-5-15(14-12-9)6-10(16)17/h1-5,13H,6H2,(H,16,17). The van der Waals surface area contributed by atoms with Crippen molar-refractivity contribution in [3.8, 4) is 0 Å². The van der Waals surface area contributed by atoms with Crippen molar-refractivity contribution >= 4 is 33.4 Å². The van der Waals surface area contributed by atoms with Crippen LogP contribution in [-0.4, -0.2) is 34.5 Å². The summed E-state index contributed by atoms with van der Waals surface area (Å²) in [6.07, 6.45) is 1.18. The molecule has 0 aliphatic rings. The molecule has 0 aliphatic carbocycles. The van der Waals surface area contributed by atoms with Crippen LogP contribution in [0.25, 0.3) is 0 Å². The first-order valence-corrected chi connectivity index (χ1v) is 7.13. The number of nitrogens with zero attached hydrogens (tertiary/aromatic N) is 3. The number of anilines is 1. The number of carbonyl (C=O) groups is 1. The van der Waals surface area contributed by atoms with Crippen LogP contribution in [0.2, 0.25) is 5.02 Å². The highest BCUT2D eigenvalue weighted by Crippen LogP contribution is 2.16. The van der Waals surface area contributed by atoms with Gasteiger partial charge in [0.2, 0.25) is 0 Å². The maximum Gasteiger partial charge on any atom is 0.325 e. The first-order valence-electron chi connectivity index (χ1n) is 5.27. The van der Waals surface area contributed by atoms with E-state index < -0.39 is 22.5 Å². The molecule has 20 heavy (non-hydrogen) atoms. The van der Waals surface area contributed by atoms with Gasteiger partial charge in [0.05, 0.1) is 11.1 Å². The first kappa shape index (κ1) is 14.3. The van der Waals surface area contributed by atoms with Crippen LogP contribution in [0.3, 0.4) is 0 Å². The van der Waals surface area contributed by atoms with Gasteiger partial charge in [-0.05, 0) is 24.3 Å². The second-order valence-corrected chi connectivity index (χ2v) is 5.87. The molecule has 0 saturated heterocycles. The smallest absolute Gasteiger partial charge is 0.325 e. The van der Waals surface area contributed by atoms with Gasteiger partial charge in [-0.25, -0.2) is 13.1 Å². The fourth-order valence-corrected chi connectivity index (χ4v) is 2.48. The minimum absolute atomic E-state index is 0.00897. The van der Waals surface area contributed by atoms with Gasteiger partial charge in [-0.2, -0.15) is 0 Å². The van der Waals surface area contributed by atoms with E-state index in [0.717, 1.165) is 4.68 Å². The van der Waals surface area contributed by atoms with Crippen molar-refractivity contribution in [1.82, 2.24) is 15.0 Å². The van der Waals surface area contributed by atoms with Gasteiger partial charge in [0.15, 0.2) is 5.82 Å². The van der Waals surface area contributed by atoms with E-state index in [1.165, 1.54) is 30.5 Å². The number of hydrogen-bond donors (Lipinski definition) is 2. The largest absolute Gasteiger partial charge is 0.480 e. The maximum absolute atomic E-state index is 12.0. The number of rotatable bonds is 5. The fraction of sp³-hybridized carbons (Fsp3) is 0.100. The van der Waals surface area contributed by atoms with E-state index in [0.29, 0.717) is 5.02 Å². The maximum atomic E-state index is 12.0. The van der Waals surface area contributed by atoms with Crippen LogP contribution in [0.5, 0.6) is 0 Å². The summed E-state index contributed by atoms with van der Waals surface area (Å²) >= 11 is 5.68. The van der Waals surface area contributed by atoms with Crippen molar-refractivity contribution < 1.29 is 18.3 Å². The Morgan fingerprint density at radius 3 is 2.60 bits per heavy atom. The zero-order valence-electron chi connectivity index (χ0n) is 9.89. The zero-order chi connectivity index (χ0) is 14.8. The molecule has 8 nitrogen and oxygen atoms in total. The number of halogens is 1. The fourth-order valence-electron chi connectivity index (χ4n) is 1.37. The molecule has 2 N–H and O–H groups in total. The van der Waals surface area contributed by atoms with Gasteiger partial charge < -0.3 is 5.11 Å². The highest BCUT2D eigenvalue weighted by molar-refractivity contribution is 7.92. The first-order chi connectivity index (χ1) is 9.37. The number of aromatic nitrogens is 3. The third kappa shape index (κ3) is 3.45. The van der Waals surface area contributed by atoms with Crippen LogP contribution in [0.1, 0.15) is 0 Å². The molecule has 0 bridgehead atoms. The highest BCUT2D eigenvalue weighted by atomic mass is 35.5. The number of nitrogens with one attached hydrogen (secondary N) is 1. The normalized spacial score (nSPS) is 11.2. The Kier molecular flexibility index (Phi) is 3.91. The summed E-state index contributed by atoms with van der Waals surface area (Å²) in [6, 6.07) is 5.56. The van der Waals surface area contributed by atoms with Crippen molar-refractivity contribution in [3.05, 3.63) is 35.5 Å². The van der Waals surface area contributed by atoms with Crippen LogP contribution in [0.4, 0.5) is 5.82 Å². The van der Waals surface area contributed by atoms with E-state index in [4.69, 9.17) is 16.7 Å². The highest BCUT2D eigenvalue weighted by Gasteiger charge is 2.16. The Balaban J connectivity index is 2.18. The van der Waals surface area contributed by atoms with E-state index in [1.807, 2.05) is 0 Å². The predicted molar refractivity (Wildman–Crippen MR) is 69.9 cm³/mol. The summed E-state index contributed by atoms with van der Waals surface area (Å²) in [6.45, 7) is -0.407. The Morgan fingerprint density at radius 2 is 2.00 bits per heavy atom. The predicted octanol–water partition coefficient (Wildman–Crippen LogP) is 0.817. The van der Waals surface area contributed by atoms with Crippen LogP contribution in [0.15, 0.2) is 35.4 Å². The van der Waals surface area contributed by atoms with Gasteiger partial charge in [-0.1, -0.05) is 16.8 Å². The number of sulfonamides is 1. The summed E-state index contributed by atoms with van der Waals surface area (Å²) in [5, 5.41) is 16.0. The minimum atomic E-state index is -3.82. The van der Waals surface area contributed by atoms with Crippen molar-refractivity contribution in [2.24, 2.45) is 0 Å². The molecule has 1 aromatic heterocycles. The molecular weight excluding hydrogens is 308 g/mol. The lowest BCUT2D eigenvalue weighted by atomic mass is 10.4. The monoisotopic (exact) mass is 316 g/mol. The average Bonchev–Trinajstić information content (AvgIpc) is 2.75. The number of carboxylic acids is 1. The molecule has 2 rings (SSSR count). The topological polar surface area (TPSA) is 114 Å². The van der Waals surface area contributed by atoms with Crippen molar-refractivity contribution in [2.45, 2.75) is 11.4 Å². The number of benzene rings is 1. The molecule has 0 unspecified atom stereocenters. The van der Waals surface area contributed by atoms with Gasteiger partial charge in [-0.3, -0.25) is 9.52 Å². The van der Waals surface area contributed by atoms with Crippen LogP contribution in [0, 0.1) is 0 Å². The van der Waals surface area contributed by atoms with Gasteiger partial charge in [-0.15, -0.1) is 5.10 Å². The molecule has 0 aliphatic heterocycles. The average molecular weight is 317 g/mol. The van der Waals surface area contributed by atoms with Gasteiger partial charge in [0.25, 0.3) is 10.0 Å². The summed E-state index contributed by atoms with van der Waals surface area (Å²) in [7, 11) is -3.82. The number of aliphatic carboxylic acids is 1. The zero-order valence-corrected chi connectivity index (χ0v) is 11.5. The third-order valence-electron chi connectivity index (χ3n) is 2.20. The molecule has 0 fully saturated rings. The molecule has 0 spiro atoms. The minimum Gasteiger partial charge on any atom is -0.480 e. The Hall–Kier alpha value is -2.13. The molecule has 0 amide bonds. The molecule has 10 heteroatoms. The van der Waals surface area contributed by atoms with Crippen LogP contribution < -0.4 is 4.72 Å². The molecular formula is C10H9ClN4O4S. The summed E-state index contributed by atoms with van der Waals surface area (Å²) < 4.78 is 27.2. The quantitative estimate of drug-likeness (QED) is 0.844. The lowest BCUT2D eigenvalue weighted by Crippen LogP contribution is -2.13. The van der Waals surface area contributed by atoms with Crippen molar-refractivity contribution in [2.75, 3.05) is 4.72 Å². The summed E-state index contributed by atoms with van der Waals surface area (Å²) in [4.78, 5) is 10.5. The molecule has 1 heterocycles. The number of hydrogen-bond acceptors (Lipinski definition) is 5. The van der Waals surface area contributed by atoms with E-state index in [-0.39, 0.29) is 10.7 Å². The third-order valence-corrected chi connectivity index (χ3v) is 3.82. The van der Waals surface area contributed by atoms with E-state index in [1.54, 1.807) is 0 Å². The molecule has 0 saturated carbocycles. The van der Waals surface area contributed by atoms with E-state index in [9.17, 15) is 13.2 Å². The summed E-state index contributed by atoms with van der Waals surface area (Å²) in [5.41, 5.74) is 0. The molecule has 106 valence electrons. The molecule has 0 radical (unpaired) electrons. The Morgan fingerprint density at radius 1 is 1.35 bits per heavy atom. The Bertz CT molecular complexity index is 726. The van der Waals surface area contributed by atoms with Crippen LogP contribution >= 0.6 is 11.6 Å². The van der Waals surface area contributed by atoms with Gasteiger partial charge in [0.1, 0.15) is 6.54 Å². The van der Waals surface area contributed by atoms with Gasteiger partial charge in [0, 0.05) is 5.02 Å². The molecule has 2 aromatic rings. The number of carboxylic acid groups (broad SMARTS) is 1. The second-order valence-electron chi connectivity index (χ2n) is 3.75. The van der Waals surface area contributed by atoms with Gasteiger partial charge >= 0.3 is 5.97 Å². The van der Waals surface area contributed by atoms with Crippen LogP contribution in [-0.2, 0) is 21.4 Å². The van der Waals surface area contributed by atoms with Crippen molar-refractivity contribution in [1.29, 1.82) is 0 Å². The SMILES string of the molecule is O=C(O)Cn1cc(NS(=O)(=O)c2ccc(Cl)cc2)nn1. The molecule has 0 atom stereocenters. The summed E-state index contributed by atoms with van der Waals surface area (Å²) in [5.74, 6) is -1.18. The second kappa shape index (κ2) is 5.47. The van der Waals surface area contributed by atoms with Crippen molar-refractivity contribution in [3.63, 3.8) is 0 Å².